The van der Waals surface area contributed by atoms with E-state index in [2.05, 4.69) is 0 Å². The summed E-state index contributed by atoms with van der Waals surface area (Å²) in [6.45, 7) is 1.89. The van der Waals surface area contributed by atoms with Crippen LogP contribution in [0.4, 0.5) is 0 Å². The molecule has 0 radical (unpaired) electrons. The number of carbonyl (C=O) groups is 1. The van der Waals surface area contributed by atoms with Crippen LogP contribution >= 0.6 is 0 Å². The molecule has 0 aliphatic carbocycles. The first-order valence-electron chi connectivity index (χ1n) is 8.43. The summed E-state index contributed by atoms with van der Waals surface area (Å²) in [6.07, 6.45) is 1.18. The van der Waals surface area contributed by atoms with Crippen LogP contribution < -0.4 is 4.74 Å². The monoisotopic (exact) mass is 384 g/mol. The third kappa shape index (κ3) is 4.11. The van der Waals surface area contributed by atoms with Gasteiger partial charge in [-0.05, 0) is 48.9 Å². The topological polar surface area (TPSA) is 73.6 Å². The molecule has 0 amide bonds. The lowest BCUT2D eigenvalue weighted by atomic mass is 10.1. The lowest BCUT2D eigenvalue weighted by molar-refractivity contribution is 0.0954. The van der Waals surface area contributed by atoms with Crippen LogP contribution in [-0.2, 0) is 9.84 Å². The number of methoxy groups -OCH3 is 1. The molecule has 0 saturated heterocycles. The van der Waals surface area contributed by atoms with Crippen LogP contribution in [0.5, 0.6) is 5.75 Å². The van der Waals surface area contributed by atoms with Crippen LogP contribution in [0.3, 0.4) is 0 Å². The van der Waals surface area contributed by atoms with Crippen LogP contribution in [0.15, 0.2) is 76.2 Å². The van der Waals surface area contributed by atoms with Gasteiger partial charge in [0.2, 0.25) is 0 Å². The molecule has 6 heteroatoms. The maximum absolute atomic E-state index is 13.3. The zero-order valence-corrected chi connectivity index (χ0v) is 15.9. The number of benzene rings is 2. The van der Waals surface area contributed by atoms with Crippen molar-refractivity contribution in [2.24, 2.45) is 0 Å². The van der Waals surface area contributed by atoms with Gasteiger partial charge in [-0.25, -0.2) is 8.42 Å². The highest BCUT2D eigenvalue weighted by Crippen LogP contribution is 2.34. The average Bonchev–Trinajstić information content (AvgIpc) is 3.21. The molecule has 0 aliphatic heterocycles. The van der Waals surface area contributed by atoms with E-state index < -0.39 is 15.1 Å². The van der Waals surface area contributed by atoms with E-state index in [1.807, 2.05) is 6.92 Å². The molecule has 2 aromatic carbocycles. The van der Waals surface area contributed by atoms with Crippen molar-refractivity contribution in [3.63, 3.8) is 0 Å². The van der Waals surface area contributed by atoms with Crippen molar-refractivity contribution in [3.05, 3.63) is 83.8 Å². The molecule has 1 atom stereocenters. The standard InChI is InChI=1S/C21H20O5S/c1-15-5-11-18(12-6-15)27(23,24)21(14-19(22)20-4-3-13-26-20)16-7-9-17(25-2)10-8-16/h3-13,21H,14H2,1-2H3. The van der Waals surface area contributed by atoms with E-state index in [-0.39, 0.29) is 22.9 Å². The molecule has 1 aromatic heterocycles. The molecular formula is C21H20O5S. The highest BCUT2D eigenvalue weighted by atomic mass is 32.2. The van der Waals surface area contributed by atoms with E-state index in [0.717, 1.165) is 5.56 Å². The molecule has 27 heavy (non-hydrogen) atoms. The Morgan fingerprint density at radius 3 is 2.26 bits per heavy atom. The zero-order chi connectivity index (χ0) is 19.4. The van der Waals surface area contributed by atoms with E-state index in [4.69, 9.17) is 9.15 Å². The van der Waals surface area contributed by atoms with Gasteiger partial charge in [0.1, 0.15) is 5.75 Å². The lowest BCUT2D eigenvalue weighted by Gasteiger charge is -2.18. The molecule has 0 bridgehead atoms. The van der Waals surface area contributed by atoms with Crippen molar-refractivity contribution < 1.29 is 22.4 Å². The minimum atomic E-state index is -3.78. The average molecular weight is 384 g/mol. The molecule has 0 fully saturated rings. The van der Waals surface area contributed by atoms with E-state index in [9.17, 15) is 13.2 Å². The summed E-state index contributed by atoms with van der Waals surface area (Å²) in [5.74, 6) is 0.395. The Labute approximate surface area is 158 Å². The van der Waals surface area contributed by atoms with Crippen molar-refractivity contribution >= 4 is 15.6 Å². The van der Waals surface area contributed by atoms with Crippen molar-refractivity contribution in [2.45, 2.75) is 23.5 Å². The molecule has 3 aromatic rings. The number of ketones is 1. The van der Waals surface area contributed by atoms with E-state index in [1.54, 1.807) is 54.6 Å². The number of hydrogen-bond acceptors (Lipinski definition) is 5. The second-order valence-corrected chi connectivity index (χ2v) is 8.35. The van der Waals surface area contributed by atoms with Crippen LogP contribution in [-0.4, -0.2) is 21.3 Å². The highest BCUT2D eigenvalue weighted by Gasteiger charge is 2.32. The smallest absolute Gasteiger partial charge is 0.199 e. The lowest BCUT2D eigenvalue weighted by Crippen LogP contribution is -2.18. The summed E-state index contributed by atoms with van der Waals surface area (Å²) < 4.78 is 36.9. The number of hydrogen-bond donors (Lipinski definition) is 0. The van der Waals surface area contributed by atoms with Gasteiger partial charge in [-0.1, -0.05) is 29.8 Å². The zero-order valence-electron chi connectivity index (χ0n) is 15.1. The first kappa shape index (κ1) is 18.9. The molecule has 0 aliphatic rings. The largest absolute Gasteiger partial charge is 0.497 e. The molecule has 0 N–H and O–H groups in total. The number of ether oxygens (including phenoxy) is 1. The molecule has 1 unspecified atom stereocenters. The number of furan rings is 1. The first-order valence-corrected chi connectivity index (χ1v) is 9.97. The maximum Gasteiger partial charge on any atom is 0.199 e. The second-order valence-electron chi connectivity index (χ2n) is 6.22. The molecule has 0 saturated carbocycles. The summed E-state index contributed by atoms with van der Waals surface area (Å²) in [6, 6.07) is 16.5. The maximum atomic E-state index is 13.3. The second kappa shape index (κ2) is 7.80. The minimum absolute atomic E-state index is 0.146. The first-order chi connectivity index (χ1) is 12.9. The van der Waals surface area contributed by atoms with Crippen LogP contribution in [0.25, 0.3) is 0 Å². The number of carbonyl (C=O) groups excluding carboxylic acids is 1. The van der Waals surface area contributed by atoms with Gasteiger partial charge in [-0.3, -0.25) is 4.79 Å². The van der Waals surface area contributed by atoms with E-state index >= 15 is 0 Å². The highest BCUT2D eigenvalue weighted by molar-refractivity contribution is 7.91. The van der Waals surface area contributed by atoms with Crippen molar-refractivity contribution in [2.75, 3.05) is 7.11 Å². The third-order valence-corrected chi connectivity index (χ3v) is 6.50. The fourth-order valence-electron chi connectivity index (χ4n) is 2.82. The van der Waals surface area contributed by atoms with Gasteiger partial charge in [0.15, 0.2) is 21.4 Å². The van der Waals surface area contributed by atoms with Gasteiger partial charge in [0.25, 0.3) is 0 Å². The molecule has 140 valence electrons. The van der Waals surface area contributed by atoms with Crippen LogP contribution in [0.2, 0.25) is 0 Å². The van der Waals surface area contributed by atoms with Gasteiger partial charge in [-0.2, -0.15) is 0 Å². The van der Waals surface area contributed by atoms with Gasteiger partial charge in [0.05, 0.1) is 23.5 Å². The van der Waals surface area contributed by atoms with E-state index in [1.165, 1.54) is 19.4 Å². The minimum Gasteiger partial charge on any atom is -0.497 e. The van der Waals surface area contributed by atoms with Gasteiger partial charge >= 0.3 is 0 Å². The Kier molecular flexibility index (Phi) is 5.46. The van der Waals surface area contributed by atoms with Gasteiger partial charge < -0.3 is 9.15 Å². The number of sulfone groups is 1. The van der Waals surface area contributed by atoms with E-state index in [0.29, 0.717) is 11.3 Å². The van der Waals surface area contributed by atoms with Crippen LogP contribution in [0, 0.1) is 6.92 Å². The quantitative estimate of drug-likeness (QED) is 0.565. The predicted molar refractivity (Wildman–Crippen MR) is 102 cm³/mol. The van der Waals surface area contributed by atoms with Crippen molar-refractivity contribution in [3.8, 4) is 5.75 Å². The van der Waals surface area contributed by atoms with Crippen LogP contribution in [0.1, 0.15) is 33.4 Å². The normalized spacial score (nSPS) is 12.5. The molecular weight excluding hydrogens is 364 g/mol. The summed E-state index contributed by atoms with van der Waals surface area (Å²) in [5, 5.41) is -1.02. The summed E-state index contributed by atoms with van der Waals surface area (Å²) in [7, 11) is -2.24. The molecule has 3 rings (SSSR count). The summed E-state index contributed by atoms with van der Waals surface area (Å²) >= 11 is 0. The SMILES string of the molecule is COc1ccc(C(CC(=O)c2ccco2)S(=O)(=O)c2ccc(C)cc2)cc1. The fraction of sp³-hybridized carbons (Fsp3) is 0.190. The summed E-state index contributed by atoms with van der Waals surface area (Å²) in [5.41, 5.74) is 1.48. The summed E-state index contributed by atoms with van der Waals surface area (Å²) in [4.78, 5) is 12.7. The molecule has 0 spiro atoms. The Hall–Kier alpha value is -2.86. The number of aryl methyl sites for hydroxylation is 1. The number of Topliss-reactive ketones (excluding diaryl/α,β-unsaturated/α-hetero) is 1. The molecule has 5 nitrogen and oxygen atoms in total. The van der Waals surface area contributed by atoms with Crippen molar-refractivity contribution in [1.82, 2.24) is 0 Å². The Morgan fingerprint density at radius 2 is 1.70 bits per heavy atom. The number of rotatable bonds is 7. The van der Waals surface area contributed by atoms with Gasteiger partial charge in [0, 0.05) is 6.42 Å². The fourth-order valence-corrected chi connectivity index (χ4v) is 4.55. The Morgan fingerprint density at radius 1 is 1.04 bits per heavy atom. The third-order valence-electron chi connectivity index (χ3n) is 4.38. The van der Waals surface area contributed by atoms with Crippen molar-refractivity contribution in [1.29, 1.82) is 0 Å². The predicted octanol–water partition coefficient (Wildman–Crippen LogP) is 4.38. The van der Waals surface area contributed by atoms with Gasteiger partial charge in [-0.15, -0.1) is 0 Å². The Balaban J connectivity index is 2.02. The Bertz CT molecular complexity index is 1000. The molecule has 1 heterocycles.